The van der Waals surface area contributed by atoms with Crippen LogP contribution in [0.2, 0.25) is 0 Å². The van der Waals surface area contributed by atoms with E-state index in [0.717, 1.165) is 55.9 Å². The van der Waals surface area contributed by atoms with Crippen molar-refractivity contribution in [1.82, 2.24) is 4.98 Å². The Bertz CT molecular complexity index is 1290. The predicted octanol–water partition coefficient (Wildman–Crippen LogP) is 6.40. The molecule has 1 N–H and O–H groups in total. The van der Waals surface area contributed by atoms with Crippen LogP contribution in [0, 0.1) is 27.7 Å². The molecule has 1 heterocycles. The van der Waals surface area contributed by atoms with Crippen molar-refractivity contribution in [3.63, 3.8) is 0 Å². The molecule has 1 amide bonds. The molecule has 3 aromatic carbocycles. The molecule has 0 saturated carbocycles. The number of methoxy groups -OCH3 is 1. The molecule has 0 aliphatic heterocycles. The monoisotopic (exact) mass is 410 g/mol. The number of nitrogens with one attached hydrogen (secondary N) is 1. The van der Waals surface area contributed by atoms with Gasteiger partial charge in [-0.1, -0.05) is 29.3 Å². The van der Waals surface area contributed by atoms with Crippen LogP contribution in [0.1, 0.15) is 32.6 Å². The number of amides is 1. The topological polar surface area (TPSA) is 51.2 Å². The summed E-state index contributed by atoms with van der Waals surface area (Å²) in [5.74, 6) is 0.642. The number of benzene rings is 3. The highest BCUT2D eigenvalue weighted by Gasteiger charge is 2.17. The normalized spacial score (nSPS) is 10.9. The lowest BCUT2D eigenvalue weighted by Crippen LogP contribution is -2.14. The van der Waals surface area contributed by atoms with Gasteiger partial charge in [0.25, 0.3) is 5.91 Å². The lowest BCUT2D eigenvalue weighted by Gasteiger charge is -2.14. The van der Waals surface area contributed by atoms with Crippen LogP contribution in [0.4, 0.5) is 5.69 Å². The van der Waals surface area contributed by atoms with E-state index in [4.69, 9.17) is 9.72 Å². The van der Waals surface area contributed by atoms with Crippen molar-refractivity contribution in [3.05, 3.63) is 88.5 Å². The minimum absolute atomic E-state index is 0.140. The molecule has 156 valence electrons. The van der Waals surface area contributed by atoms with Gasteiger partial charge in [0, 0.05) is 16.6 Å². The number of anilines is 1. The largest absolute Gasteiger partial charge is 0.497 e. The van der Waals surface area contributed by atoms with Gasteiger partial charge in [-0.2, -0.15) is 0 Å². The number of carbonyl (C=O) groups excluding carboxylic acids is 1. The fraction of sp³-hybridized carbons (Fsp3) is 0.185. The number of aromatic nitrogens is 1. The van der Waals surface area contributed by atoms with Crippen LogP contribution in [0.5, 0.6) is 5.75 Å². The molecule has 31 heavy (non-hydrogen) atoms. The van der Waals surface area contributed by atoms with Crippen LogP contribution < -0.4 is 10.1 Å². The molecular formula is C27H26N2O2. The second-order valence-electron chi connectivity index (χ2n) is 8.03. The van der Waals surface area contributed by atoms with E-state index < -0.39 is 0 Å². The first-order valence-electron chi connectivity index (χ1n) is 10.3. The number of hydrogen-bond acceptors (Lipinski definition) is 3. The molecule has 4 rings (SSSR count). The molecule has 4 aromatic rings. The molecule has 0 spiro atoms. The van der Waals surface area contributed by atoms with Gasteiger partial charge in [-0.15, -0.1) is 0 Å². The van der Waals surface area contributed by atoms with Crippen LogP contribution >= 0.6 is 0 Å². The summed E-state index contributed by atoms with van der Waals surface area (Å²) < 4.78 is 5.27. The Morgan fingerprint density at radius 3 is 2.23 bits per heavy atom. The first-order chi connectivity index (χ1) is 14.9. The zero-order valence-corrected chi connectivity index (χ0v) is 18.5. The summed E-state index contributed by atoms with van der Waals surface area (Å²) in [4.78, 5) is 18.3. The van der Waals surface area contributed by atoms with Gasteiger partial charge in [-0.3, -0.25) is 4.79 Å². The molecular weight excluding hydrogens is 384 g/mol. The standard InChI is InChI=1S/C27H26N2O2/c1-16-6-11-24(18(3)12-16)29-27(30)23-15-25(20-7-9-21(31-5)10-8-20)28-26-19(4)13-17(2)14-22(23)26/h6-15H,1-5H3,(H,29,30). The van der Waals surface area contributed by atoms with E-state index in [2.05, 4.69) is 17.4 Å². The maximum atomic E-state index is 13.4. The van der Waals surface area contributed by atoms with Gasteiger partial charge in [-0.05, 0) is 81.3 Å². The number of hydrogen-bond donors (Lipinski definition) is 1. The third-order valence-electron chi connectivity index (χ3n) is 5.51. The molecule has 0 fully saturated rings. The molecule has 0 radical (unpaired) electrons. The van der Waals surface area contributed by atoms with Gasteiger partial charge >= 0.3 is 0 Å². The molecule has 0 atom stereocenters. The number of carbonyl (C=O) groups is 1. The molecule has 0 bridgehead atoms. The van der Waals surface area contributed by atoms with E-state index in [-0.39, 0.29) is 5.91 Å². The molecule has 0 aliphatic rings. The number of aryl methyl sites for hydroxylation is 4. The van der Waals surface area contributed by atoms with Crippen molar-refractivity contribution in [1.29, 1.82) is 0 Å². The second-order valence-corrected chi connectivity index (χ2v) is 8.03. The first-order valence-corrected chi connectivity index (χ1v) is 10.3. The summed E-state index contributed by atoms with van der Waals surface area (Å²) in [5, 5.41) is 3.95. The van der Waals surface area contributed by atoms with Crippen molar-refractivity contribution < 1.29 is 9.53 Å². The number of pyridine rings is 1. The van der Waals surface area contributed by atoms with Gasteiger partial charge in [0.15, 0.2) is 0 Å². The molecule has 4 nitrogen and oxygen atoms in total. The van der Waals surface area contributed by atoms with Gasteiger partial charge in [0.1, 0.15) is 5.75 Å². The summed E-state index contributed by atoms with van der Waals surface area (Å²) in [6.45, 7) is 8.12. The Hall–Kier alpha value is -3.66. The molecule has 0 saturated heterocycles. The summed E-state index contributed by atoms with van der Waals surface area (Å²) in [6.07, 6.45) is 0. The van der Waals surface area contributed by atoms with Crippen molar-refractivity contribution >= 4 is 22.5 Å². The Morgan fingerprint density at radius 1 is 0.839 bits per heavy atom. The van der Waals surface area contributed by atoms with Crippen LogP contribution in [-0.2, 0) is 0 Å². The highest BCUT2D eigenvalue weighted by Crippen LogP contribution is 2.30. The lowest BCUT2D eigenvalue weighted by molar-refractivity contribution is 0.102. The fourth-order valence-electron chi connectivity index (χ4n) is 3.92. The van der Waals surface area contributed by atoms with E-state index in [1.54, 1.807) is 7.11 Å². The van der Waals surface area contributed by atoms with Crippen LogP contribution in [0.3, 0.4) is 0 Å². The number of nitrogens with zero attached hydrogens (tertiary/aromatic N) is 1. The first kappa shape index (κ1) is 20.6. The number of fused-ring (bicyclic) bond motifs is 1. The third-order valence-corrected chi connectivity index (χ3v) is 5.51. The summed E-state index contributed by atoms with van der Waals surface area (Å²) in [6, 6.07) is 19.8. The third kappa shape index (κ3) is 4.15. The van der Waals surface area contributed by atoms with Crippen LogP contribution in [0.15, 0.2) is 60.7 Å². The van der Waals surface area contributed by atoms with Gasteiger partial charge in [0.2, 0.25) is 0 Å². The lowest BCUT2D eigenvalue weighted by atomic mass is 9.99. The molecule has 0 aliphatic carbocycles. The predicted molar refractivity (Wildman–Crippen MR) is 127 cm³/mol. The van der Waals surface area contributed by atoms with E-state index >= 15 is 0 Å². The zero-order valence-electron chi connectivity index (χ0n) is 18.5. The molecule has 0 unspecified atom stereocenters. The summed E-state index contributed by atoms with van der Waals surface area (Å²) in [5.41, 5.74) is 8.31. The van der Waals surface area contributed by atoms with E-state index in [0.29, 0.717) is 5.56 Å². The SMILES string of the molecule is COc1ccc(-c2cc(C(=O)Nc3ccc(C)cc3C)c3cc(C)cc(C)c3n2)cc1. The average Bonchev–Trinajstić information content (AvgIpc) is 2.75. The van der Waals surface area contributed by atoms with Crippen molar-refractivity contribution in [3.8, 4) is 17.0 Å². The minimum atomic E-state index is -0.140. The summed E-state index contributed by atoms with van der Waals surface area (Å²) in [7, 11) is 1.64. The van der Waals surface area contributed by atoms with Crippen molar-refractivity contribution in [2.24, 2.45) is 0 Å². The van der Waals surface area contributed by atoms with Gasteiger partial charge < -0.3 is 10.1 Å². The van der Waals surface area contributed by atoms with E-state index in [1.807, 2.05) is 76.2 Å². The quantitative estimate of drug-likeness (QED) is 0.424. The van der Waals surface area contributed by atoms with Crippen molar-refractivity contribution in [2.75, 3.05) is 12.4 Å². The fourth-order valence-corrected chi connectivity index (χ4v) is 3.92. The maximum Gasteiger partial charge on any atom is 0.256 e. The summed E-state index contributed by atoms with van der Waals surface area (Å²) >= 11 is 0. The second kappa shape index (κ2) is 8.23. The number of ether oxygens (including phenoxy) is 1. The van der Waals surface area contributed by atoms with Crippen LogP contribution in [0.25, 0.3) is 22.2 Å². The highest BCUT2D eigenvalue weighted by molar-refractivity contribution is 6.13. The Labute approximate surface area is 182 Å². The Kier molecular flexibility index (Phi) is 5.47. The Balaban J connectivity index is 1.86. The molecule has 1 aromatic heterocycles. The smallest absolute Gasteiger partial charge is 0.256 e. The van der Waals surface area contributed by atoms with E-state index in [1.165, 1.54) is 0 Å². The number of rotatable bonds is 4. The van der Waals surface area contributed by atoms with Gasteiger partial charge in [0.05, 0.1) is 23.9 Å². The zero-order chi connectivity index (χ0) is 22.1. The van der Waals surface area contributed by atoms with Crippen molar-refractivity contribution in [2.45, 2.75) is 27.7 Å². The maximum absolute atomic E-state index is 13.4. The average molecular weight is 411 g/mol. The minimum Gasteiger partial charge on any atom is -0.497 e. The molecule has 4 heteroatoms. The van der Waals surface area contributed by atoms with E-state index in [9.17, 15) is 4.79 Å². The van der Waals surface area contributed by atoms with Gasteiger partial charge in [-0.25, -0.2) is 4.98 Å². The Morgan fingerprint density at radius 2 is 1.55 bits per heavy atom. The van der Waals surface area contributed by atoms with Crippen LogP contribution in [-0.4, -0.2) is 18.0 Å². The highest BCUT2D eigenvalue weighted by atomic mass is 16.5.